The number of hydrogen-bond donors (Lipinski definition) is 1. The van der Waals surface area contributed by atoms with E-state index in [1.165, 1.54) is 12.1 Å². The summed E-state index contributed by atoms with van der Waals surface area (Å²) in [4.78, 5) is 0. The van der Waals surface area contributed by atoms with Gasteiger partial charge in [-0.25, -0.2) is 0 Å². The Bertz CT molecular complexity index is 363. The van der Waals surface area contributed by atoms with Gasteiger partial charge in [0, 0.05) is 0 Å². The second-order valence-corrected chi connectivity index (χ2v) is 4.89. The monoisotopic (exact) mass is 232 g/mol. The van der Waals surface area contributed by atoms with Gasteiger partial charge in [-0.1, -0.05) is 32.9 Å². The lowest BCUT2D eigenvalue weighted by Gasteiger charge is -2.26. The van der Waals surface area contributed by atoms with E-state index in [0.717, 1.165) is 12.1 Å². The van der Waals surface area contributed by atoms with Gasteiger partial charge in [0.1, 0.15) is 0 Å². The van der Waals surface area contributed by atoms with Crippen LogP contribution in [0.25, 0.3) is 0 Å². The van der Waals surface area contributed by atoms with Crippen molar-refractivity contribution in [3.63, 3.8) is 0 Å². The van der Waals surface area contributed by atoms with E-state index in [4.69, 9.17) is 0 Å². The Morgan fingerprint density at radius 1 is 1.12 bits per heavy atom. The van der Waals surface area contributed by atoms with E-state index in [1.54, 1.807) is 20.8 Å². The van der Waals surface area contributed by atoms with Crippen LogP contribution < -0.4 is 0 Å². The predicted molar refractivity (Wildman–Crippen MR) is 55.9 cm³/mol. The van der Waals surface area contributed by atoms with Gasteiger partial charge in [-0.3, -0.25) is 0 Å². The summed E-state index contributed by atoms with van der Waals surface area (Å²) < 4.78 is 37.3. The van der Waals surface area contributed by atoms with E-state index >= 15 is 0 Å². The zero-order valence-electron chi connectivity index (χ0n) is 9.47. The minimum Gasteiger partial charge on any atom is -0.388 e. The molecule has 1 rings (SSSR count). The highest BCUT2D eigenvalue weighted by Crippen LogP contribution is 2.35. The highest BCUT2D eigenvalue weighted by atomic mass is 19.4. The van der Waals surface area contributed by atoms with Gasteiger partial charge < -0.3 is 5.11 Å². The molecule has 16 heavy (non-hydrogen) atoms. The molecule has 0 aromatic heterocycles. The Morgan fingerprint density at radius 2 is 1.69 bits per heavy atom. The molecule has 0 radical (unpaired) electrons. The maximum Gasteiger partial charge on any atom is 0.416 e. The fraction of sp³-hybridized carbons (Fsp3) is 0.500. The van der Waals surface area contributed by atoms with Crippen molar-refractivity contribution in [1.29, 1.82) is 0 Å². The summed E-state index contributed by atoms with van der Waals surface area (Å²) in [5, 5.41) is 9.88. The van der Waals surface area contributed by atoms with Gasteiger partial charge in [0.15, 0.2) is 0 Å². The Hall–Kier alpha value is -1.03. The zero-order chi connectivity index (χ0) is 12.6. The third-order valence-electron chi connectivity index (χ3n) is 2.35. The van der Waals surface area contributed by atoms with Gasteiger partial charge in [0.25, 0.3) is 0 Å². The van der Waals surface area contributed by atoms with E-state index in [0.29, 0.717) is 5.56 Å². The SMILES string of the molecule is CC(C)(C)C(O)c1cccc(C(F)(F)F)c1. The molecule has 0 aliphatic carbocycles. The lowest BCUT2D eigenvalue weighted by atomic mass is 9.84. The molecule has 1 unspecified atom stereocenters. The van der Waals surface area contributed by atoms with Crippen LogP contribution in [0.2, 0.25) is 0 Å². The first-order valence-electron chi connectivity index (χ1n) is 4.97. The standard InChI is InChI=1S/C12H15F3O/c1-11(2,3)10(16)8-5-4-6-9(7-8)12(13,14)15/h4-7,10,16H,1-3H3. The van der Waals surface area contributed by atoms with Crippen molar-refractivity contribution in [3.05, 3.63) is 35.4 Å². The molecule has 0 fully saturated rings. The quantitative estimate of drug-likeness (QED) is 0.781. The first-order valence-corrected chi connectivity index (χ1v) is 4.97. The zero-order valence-corrected chi connectivity index (χ0v) is 9.47. The van der Waals surface area contributed by atoms with Gasteiger partial charge in [-0.2, -0.15) is 13.2 Å². The molecule has 1 aromatic carbocycles. The Morgan fingerprint density at radius 3 is 2.12 bits per heavy atom. The van der Waals surface area contributed by atoms with Crippen LogP contribution in [0, 0.1) is 5.41 Å². The average Bonchev–Trinajstić information content (AvgIpc) is 2.14. The van der Waals surface area contributed by atoms with Crippen molar-refractivity contribution < 1.29 is 18.3 Å². The molecule has 4 heteroatoms. The fourth-order valence-electron chi connectivity index (χ4n) is 1.39. The van der Waals surface area contributed by atoms with Crippen molar-refractivity contribution >= 4 is 0 Å². The normalized spacial score (nSPS) is 14.9. The smallest absolute Gasteiger partial charge is 0.388 e. The van der Waals surface area contributed by atoms with E-state index in [9.17, 15) is 18.3 Å². The molecule has 1 N–H and O–H groups in total. The lowest BCUT2D eigenvalue weighted by Crippen LogP contribution is -2.18. The van der Waals surface area contributed by atoms with Crippen LogP contribution in [0.3, 0.4) is 0 Å². The fourth-order valence-corrected chi connectivity index (χ4v) is 1.39. The van der Waals surface area contributed by atoms with Gasteiger partial charge in [0.2, 0.25) is 0 Å². The first-order chi connectivity index (χ1) is 7.12. The van der Waals surface area contributed by atoms with Gasteiger partial charge >= 0.3 is 6.18 Å². The van der Waals surface area contributed by atoms with Crippen molar-refractivity contribution in [2.75, 3.05) is 0 Å². The molecule has 0 bridgehead atoms. The van der Waals surface area contributed by atoms with E-state index in [2.05, 4.69) is 0 Å². The van der Waals surface area contributed by atoms with Crippen LogP contribution in [0.15, 0.2) is 24.3 Å². The molecule has 1 nitrogen and oxygen atoms in total. The van der Waals surface area contributed by atoms with Crippen LogP contribution >= 0.6 is 0 Å². The third-order valence-corrected chi connectivity index (χ3v) is 2.35. The van der Waals surface area contributed by atoms with Crippen LogP contribution in [0.1, 0.15) is 38.0 Å². The number of hydrogen-bond acceptors (Lipinski definition) is 1. The minimum absolute atomic E-state index is 0.294. The second-order valence-electron chi connectivity index (χ2n) is 4.89. The summed E-state index contributed by atoms with van der Waals surface area (Å²) in [6, 6.07) is 4.81. The highest BCUT2D eigenvalue weighted by molar-refractivity contribution is 5.27. The molecule has 0 heterocycles. The third kappa shape index (κ3) is 2.98. The molecule has 0 aliphatic heterocycles. The van der Waals surface area contributed by atoms with Gasteiger partial charge in [0.05, 0.1) is 11.7 Å². The number of alkyl halides is 3. The minimum atomic E-state index is -4.37. The lowest BCUT2D eigenvalue weighted by molar-refractivity contribution is -0.137. The van der Waals surface area contributed by atoms with Crippen LogP contribution in [0.5, 0.6) is 0 Å². The molecule has 0 saturated carbocycles. The summed E-state index contributed by atoms with van der Waals surface area (Å²) in [5.74, 6) is 0. The van der Waals surface area contributed by atoms with E-state index in [-0.39, 0.29) is 0 Å². The number of halogens is 3. The summed E-state index contributed by atoms with van der Waals surface area (Å²) in [5.41, 5.74) is -0.917. The molecular weight excluding hydrogens is 217 g/mol. The Balaban J connectivity index is 3.09. The van der Waals surface area contributed by atoms with Crippen molar-refractivity contribution in [2.24, 2.45) is 5.41 Å². The predicted octanol–water partition coefficient (Wildman–Crippen LogP) is 3.78. The number of aliphatic hydroxyl groups is 1. The first kappa shape index (κ1) is 13.0. The summed E-state index contributed by atoms with van der Waals surface area (Å²) >= 11 is 0. The van der Waals surface area contributed by atoms with Crippen LogP contribution in [-0.2, 0) is 6.18 Å². The molecule has 0 aliphatic rings. The highest BCUT2D eigenvalue weighted by Gasteiger charge is 2.32. The second kappa shape index (κ2) is 4.09. The van der Waals surface area contributed by atoms with Gasteiger partial charge in [-0.15, -0.1) is 0 Å². The van der Waals surface area contributed by atoms with Crippen molar-refractivity contribution in [2.45, 2.75) is 33.1 Å². The molecule has 0 saturated heterocycles. The summed E-state index contributed by atoms with van der Waals surface area (Å²) in [6.07, 6.45) is -5.28. The van der Waals surface area contributed by atoms with Crippen molar-refractivity contribution in [1.82, 2.24) is 0 Å². The Kier molecular flexibility index (Phi) is 3.33. The van der Waals surface area contributed by atoms with Gasteiger partial charge in [-0.05, 0) is 23.1 Å². The average molecular weight is 232 g/mol. The largest absolute Gasteiger partial charge is 0.416 e. The maximum absolute atomic E-state index is 12.4. The molecular formula is C12H15F3O. The Labute approximate surface area is 92.9 Å². The maximum atomic E-state index is 12.4. The molecule has 1 aromatic rings. The number of aliphatic hydroxyl groups excluding tert-OH is 1. The number of rotatable bonds is 1. The molecule has 0 spiro atoms. The number of benzene rings is 1. The molecule has 0 amide bonds. The molecule has 1 atom stereocenters. The summed E-state index contributed by atoms with van der Waals surface area (Å²) in [7, 11) is 0. The topological polar surface area (TPSA) is 20.2 Å². The summed E-state index contributed by atoms with van der Waals surface area (Å²) in [6.45, 7) is 5.33. The van der Waals surface area contributed by atoms with Crippen LogP contribution in [0.4, 0.5) is 13.2 Å². The molecule has 90 valence electrons. The van der Waals surface area contributed by atoms with E-state index < -0.39 is 23.3 Å². The van der Waals surface area contributed by atoms with E-state index in [1.807, 2.05) is 0 Å². The van der Waals surface area contributed by atoms with Crippen LogP contribution in [-0.4, -0.2) is 5.11 Å². The van der Waals surface area contributed by atoms with Crippen molar-refractivity contribution in [3.8, 4) is 0 Å².